The summed E-state index contributed by atoms with van der Waals surface area (Å²) in [6, 6.07) is 15.7. The first-order valence-corrected chi connectivity index (χ1v) is 9.38. The van der Waals surface area contributed by atoms with E-state index >= 15 is 0 Å². The number of carbonyl (C=O) groups is 1. The van der Waals surface area contributed by atoms with Crippen LogP contribution in [0.4, 0.5) is 0 Å². The van der Waals surface area contributed by atoms with E-state index in [1.54, 1.807) is 41.3 Å². The van der Waals surface area contributed by atoms with Crippen LogP contribution in [0.5, 0.6) is 0 Å². The number of nitrogens with zero attached hydrogens (tertiary/aromatic N) is 1. The zero-order chi connectivity index (χ0) is 16.4. The maximum atomic E-state index is 12.6. The lowest BCUT2D eigenvalue weighted by Gasteiger charge is -2.33. The fourth-order valence-corrected chi connectivity index (χ4v) is 4.59. The van der Waals surface area contributed by atoms with Crippen LogP contribution in [0.25, 0.3) is 0 Å². The Morgan fingerprint density at radius 2 is 1.70 bits per heavy atom. The quantitative estimate of drug-likeness (QED) is 0.837. The van der Waals surface area contributed by atoms with Gasteiger partial charge in [0, 0.05) is 23.7 Å². The molecule has 0 radical (unpaired) electrons. The Morgan fingerprint density at radius 3 is 2.35 bits per heavy atom. The van der Waals surface area contributed by atoms with Crippen LogP contribution in [-0.4, -0.2) is 38.1 Å². The molecule has 1 aliphatic rings. The average Bonchev–Trinajstić information content (AvgIpc) is 2.55. The molecule has 6 heteroatoms. The van der Waals surface area contributed by atoms with E-state index in [2.05, 4.69) is 0 Å². The van der Waals surface area contributed by atoms with Gasteiger partial charge in [0.1, 0.15) is 5.25 Å². The van der Waals surface area contributed by atoms with Crippen LogP contribution in [-0.2, 0) is 9.84 Å². The van der Waals surface area contributed by atoms with Crippen molar-refractivity contribution in [3.63, 3.8) is 0 Å². The second-order valence-corrected chi connectivity index (χ2v) is 8.26. The van der Waals surface area contributed by atoms with Crippen molar-refractivity contribution in [3.8, 4) is 0 Å². The number of sulfone groups is 1. The van der Waals surface area contributed by atoms with E-state index in [1.165, 1.54) is 0 Å². The number of carbonyl (C=O) groups excluding carboxylic acids is 1. The van der Waals surface area contributed by atoms with Gasteiger partial charge in [0.05, 0.1) is 5.75 Å². The second-order valence-electron chi connectivity index (χ2n) is 5.52. The predicted molar refractivity (Wildman–Crippen MR) is 90.3 cm³/mol. The zero-order valence-electron chi connectivity index (χ0n) is 12.4. The molecule has 0 aromatic heterocycles. The maximum absolute atomic E-state index is 12.6. The number of hydrogen-bond acceptors (Lipinski definition) is 3. The van der Waals surface area contributed by atoms with Crippen molar-refractivity contribution in [3.05, 3.63) is 70.7 Å². The van der Waals surface area contributed by atoms with Gasteiger partial charge in [0.15, 0.2) is 9.84 Å². The Hall–Kier alpha value is -1.85. The Morgan fingerprint density at radius 1 is 1.04 bits per heavy atom. The molecular formula is C17H16ClNO3S. The maximum Gasteiger partial charge on any atom is 0.253 e. The van der Waals surface area contributed by atoms with Gasteiger partial charge >= 0.3 is 0 Å². The second kappa shape index (κ2) is 6.34. The first kappa shape index (κ1) is 16.0. The first-order valence-electron chi connectivity index (χ1n) is 7.29. The van der Waals surface area contributed by atoms with Gasteiger partial charge in [-0.1, -0.05) is 41.9 Å². The van der Waals surface area contributed by atoms with Crippen LogP contribution >= 0.6 is 11.6 Å². The van der Waals surface area contributed by atoms with Crippen LogP contribution in [0.15, 0.2) is 54.6 Å². The summed E-state index contributed by atoms with van der Waals surface area (Å²) < 4.78 is 24.8. The molecule has 1 fully saturated rings. The topological polar surface area (TPSA) is 54.5 Å². The molecule has 23 heavy (non-hydrogen) atoms. The molecule has 0 spiro atoms. The Kier molecular flexibility index (Phi) is 4.41. The number of amides is 1. The van der Waals surface area contributed by atoms with Crippen molar-refractivity contribution in [1.29, 1.82) is 0 Å². The SMILES string of the molecule is O=C(c1ccc(Cl)cc1)N1CCS(=O)(=O)C(c2ccccc2)C1. The lowest BCUT2D eigenvalue weighted by atomic mass is 10.1. The number of rotatable bonds is 2. The standard InChI is InChI=1S/C17H16ClNO3S/c18-15-8-6-14(7-9-15)17(20)19-10-11-23(21,22)16(12-19)13-4-2-1-3-5-13/h1-9,16H,10-12H2. The van der Waals surface area contributed by atoms with E-state index in [1.807, 2.05) is 18.2 Å². The fourth-order valence-electron chi connectivity index (χ4n) is 2.72. The number of hydrogen-bond donors (Lipinski definition) is 0. The van der Waals surface area contributed by atoms with Gasteiger partial charge in [-0.2, -0.15) is 0 Å². The van der Waals surface area contributed by atoms with Gasteiger partial charge < -0.3 is 4.90 Å². The minimum absolute atomic E-state index is 0.0219. The molecule has 2 aromatic rings. The molecule has 120 valence electrons. The molecule has 0 N–H and O–H groups in total. The Labute approximate surface area is 140 Å². The molecule has 0 saturated carbocycles. The van der Waals surface area contributed by atoms with Crippen LogP contribution in [0.1, 0.15) is 21.2 Å². The van der Waals surface area contributed by atoms with E-state index < -0.39 is 15.1 Å². The molecular weight excluding hydrogens is 334 g/mol. The van der Waals surface area contributed by atoms with E-state index in [0.29, 0.717) is 10.6 Å². The zero-order valence-corrected chi connectivity index (χ0v) is 13.9. The average molecular weight is 350 g/mol. The first-order chi connectivity index (χ1) is 11.0. The molecule has 3 rings (SSSR count). The highest BCUT2D eigenvalue weighted by Gasteiger charge is 2.36. The van der Waals surface area contributed by atoms with Crippen molar-refractivity contribution < 1.29 is 13.2 Å². The van der Waals surface area contributed by atoms with Crippen molar-refractivity contribution in [2.75, 3.05) is 18.8 Å². The molecule has 4 nitrogen and oxygen atoms in total. The minimum atomic E-state index is -3.25. The van der Waals surface area contributed by atoms with E-state index in [9.17, 15) is 13.2 Å². The van der Waals surface area contributed by atoms with Gasteiger partial charge in [-0.3, -0.25) is 4.79 Å². The largest absolute Gasteiger partial charge is 0.336 e. The lowest BCUT2D eigenvalue weighted by molar-refractivity contribution is 0.0758. The molecule has 2 aromatic carbocycles. The molecule has 0 bridgehead atoms. The third kappa shape index (κ3) is 3.41. The third-order valence-corrected chi connectivity index (χ3v) is 6.31. The molecule has 1 heterocycles. The number of halogens is 1. The van der Waals surface area contributed by atoms with Crippen molar-refractivity contribution in [1.82, 2.24) is 4.90 Å². The van der Waals surface area contributed by atoms with Crippen molar-refractivity contribution in [2.45, 2.75) is 5.25 Å². The van der Waals surface area contributed by atoms with E-state index in [0.717, 1.165) is 5.56 Å². The summed E-state index contributed by atoms with van der Waals surface area (Å²) in [6.07, 6.45) is 0. The Balaban J connectivity index is 1.86. The smallest absolute Gasteiger partial charge is 0.253 e. The predicted octanol–water partition coefficient (Wildman–Crippen LogP) is 2.95. The molecule has 1 atom stereocenters. The monoisotopic (exact) mass is 349 g/mol. The number of benzene rings is 2. The van der Waals surface area contributed by atoms with Crippen LogP contribution in [0.3, 0.4) is 0 Å². The molecule has 1 saturated heterocycles. The summed E-state index contributed by atoms with van der Waals surface area (Å²) in [5.74, 6) is -0.191. The summed E-state index contributed by atoms with van der Waals surface area (Å²) in [7, 11) is -3.25. The van der Waals surface area contributed by atoms with Gasteiger partial charge in [-0.25, -0.2) is 8.42 Å². The highest BCUT2D eigenvalue weighted by molar-refractivity contribution is 7.91. The fraction of sp³-hybridized carbons (Fsp3) is 0.235. The molecule has 0 aliphatic carbocycles. The third-order valence-electron chi connectivity index (χ3n) is 4.02. The van der Waals surface area contributed by atoms with Crippen molar-refractivity contribution in [2.24, 2.45) is 0 Å². The summed E-state index contributed by atoms with van der Waals surface area (Å²) in [6.45, 7) is 0.390. The highest BCUT2D eigenvalue weighted by atomic mass is 35.5. The summed E-state index contributed by atoms with van der Waals surface area (Å²) in [4.78, 5) is 14.2. The molecule has 1 aliphatic heterocycles. The summed E-state index contributed by atoms with van der Waals surface area (Å²) in [5, 5.41) is -0.112. The van der Waals surface area contributed by atoms with Crippen LogP contribution in [0.2, 0.25) is 5.02 Å². The Bertz CT molecular complexity index is 803. The van der Waals surface area contributed by atoms with Gasteiger partial charge in [-0.05, 0) is 29.8 Å². The minimum Gasteiger partial charge on any atom is -0.336 e. The van der Waals surface area contributed by atoms with Gasteiger partial charge in [0.25, 0.3) is 5.91 Å². The molecule has 1 unspecified atom stereocenters. The summed E-state index contributed by atoms with van der Waals surface area (Å²) >= 11 is 5.84. The normalized spacial score (nSPS) is 20.2. The van der Waals surface area contributed by atoms with Crippen molar-refractivity contribution >= 4 is 27.3 Å². The molecule has 1 amide bonds. The van der Waals surface area contributed by atoms with E-state index in [4.69, 9.17) is 11.6 Å². The van der Waals surface area contributed by atoms with Crippen LogP contribution in [0, 0.1) is 0 Å². The highest BCUT2D eigenvalue weighted by Crippen LogP contribution is 2.28. The van der Waals surface area contributed by atoms with Gasteiger partial charge in [0.2, 0.25) is 0 Å². The lowest BCUT2D eigenvalue weighted by Crippen LogP contribution is -2.45. The van der Waals surface area contributed by atoms with Gasteiger partial charge in [-0.15, -0.1) is 0 Å². The van der Waals surface area contributed by atoms with E-state index in [-0.39, 0.29) is 24.7 Å². The van der Waals surface area contributed by atoms with Crippen LogP contribution < -0.4 is 0 Å². The summed E-state index contributed by atoms with van der Waals surface area (Å²) in [5.41, 5.74) is 1.24.